The molecule has 0 bridgehead atoms. The Morgan fingerprint density at radius 2 is 1.56 bits per heavy atom. The van der Waals surface area contributed by atoms with E-state index in [9.17, 15) is 0 Å². The summed E-state index contributed by atoms with van der Waals surface area (Å²) in [5.41, 5.74) is 3.88. The molecule has 18 heavy (non-hydrogen) atoms. The lowest BCUT2D eigenvalue weighted by Gasteiger charge is -2.13. The third-order valence-electron chi connectivity index (χ3n) is 3.29. The molecule has 0 aliphatic rings. The van der Waals surface area contributed by atoms with Crippen LogP contribution in [0.3, 0.4) is 0 Å². The Balaban J connectivity index is 2.02. The molecule has 1 aromatic carbocycles. The van der Waals surface area contributed by atoms with E-state index in [4.69, 9.17) is 0 Å². The summed E-state index contributed by atoms with van der Waals surface area (Å²) >= 11 is 0. The molecule has 1 heterocycles. The molecule has 0 saturated heterocycles. The fourth-order valence-corrected chi connectivity index (χ4v) is 1.89. The van der Waals surface area contributed by atoms with Crippen LogP contribution in [0.5, 0.6) is 0 Å². The lowest BCUT2D eigenvalue weighted by Crippen LogP contribution is -2.20. The number of rotatable bonds is 5. The Morgan fingerprint density at radius 3 is 2.17 bits per heavy atom. The van der Waals surface area contributed by atoms with E-state index in [1.807, 2.05) is 24.5 Å². The highest BCUT2D eigenvalue weighted by Crippen LogP contribution is 2.18. The van der Waals surface area contributed by atoms with Gasteiger partial charge in [0.15, 0.2) is 0 Å². The van der Waals surface area contributed by atoms with E-state index in [2.05, 4.69) is 48.1 Å². The van der Waals surface area contributed by atoms with Crippen molar-refractivity contribution in [2.24, 2.45) is 0 Å². The van der Waals surface area contributed by atoms with Crippen molar-refractivity contribution in [2.75, 3.05) is 20.1 Å². The maximum Gasteiger partial charge on any atom is 0.0273 e. The minimum absolute atomic E-state index is 1.11. The second-order valence-electron chi connectivity index (χ2n) is 4.58. The van der Waals surface area contributed by atoms with Gasteiger partial charge in [-0.15, -0.1) is 0 Å². The molecular formula is C16H20N2. The summed E-state index contributed by atoms with van der Waals surface area (Å²) in [6, 6.07) is 12.9. The molecule has 0 atom stereocenters. The zero-order chi connectivity index (χ0) is 12.8. The van der Waals surface area contributed by atoms with Gasteiger partial charge >= 0.3 is 0 Å². The summed E-state index contributed by atoms with van der Waals surface area (Å²) in [7, 11) is 2.16. The van der Waals surface area contributed by atoms with E-state index >= 15 is 0 Å². The van der Waals surface area contributed by atoms with Crippen molar-refractivity contribution in [1.82, 2.24) is 9.88 Å². The number of hydrogen-bond donors (Lipinski definition) is 0. The highest BCUT2D eigenvalue weighted by molar-refractivity contribution is 5.62. The average molecular weight is 240 g/mol. The van der Waals surface area contributed by atoms with Crippen LogP contribution < -0.4 is 0 Å². The van der Waals surface area contributed by atoms with Gasteiger partial charge in [-0.05, 0) is 48.8 Å². The van der Waals surface area contributed by atoms with Crippen LogP contribution in [0.2, 0.25) is 0 Å². The summed E-state index contributed by atoms with van der Waals surface area (Å²) in [6.07, 6.45) is 4.78. The van der Waals surface area contributed by atoms with Gasteiger partial charge in [-0.3, -0.25) is 4.98 Å². The molecular weight excluding hydrogens is 220 g/mol. The van der Waals surface area contributed by atoms with Crippen LogP contribution >= 0.6 is 0 Å². The van der Waals surface area contributed by atoms with Crippen molar-refractivity contribution in [1.29, 1.82) is 0 Å². The van der Waals surface area contributed by atoms with Crippen molar-refractivity contribution in [3.05, 3.63) is 54.4 Å². The topological polar surface area (TPSA) is 16.1 Å². The van der Waals surface area contributed by atoms with Crippen LogP contribution in [0.25, 0.3) is 11.1 Å². The first-order valence-electron chi connectivity index (χ1n) is 6.47. The van der Waals surface area contributed by atoms with Gasteiger partial charge < -0.3 is 4.90 Å². The molecule has 94 valence electrons. The summed E-state index contributed by atoms with van der Waals surface area (Å²) in [6.45, 7) is 4.41. The first-order valence-corrected chi connectivity index (χ1v) is 6.47. The van der Waals surface area contributed by atoms with Crippen LogP contribution in [0.15, 0.2) is 48.8 Å². The van der Waals surface area contributed by atoms with Crippen molar-refractivity contribution >= 4 is 0 Å². The minimum atomic E-state index is 1.11. The molecule has 2 nitrogen and oxygen atoms in total. The van der Waals surface area contributed by atoms with Gasteiger partial charge in [-0.25, -0.2) is 0 Å². The summed E-state index contributed by atoms with van der Waals surface area (Å²) < 4.78 is 0. The van der Waals surface area contributed by atoms with E-state index in [0.29, 0.717) is 0 Å². The first-order chi connectivity index (χ1) is 8.79. The van der Waals surface area contributed by atoms with Gasteiger partial charge in [0, 0.05) is 18.9 Å². The van der Waals surface area contributed by atoms with Crippen molar-refractivity contribution in [3.63, 3.8) is 0 Å². The quantitative estimate of drug-likeness (QED) is 0.797. The van der Waals surface area contributed by atoms with Crippen molar-refractivity contribution in [2.45, 2.75) is 13.3 Å². The fourth-order valence-electron chi connectivity index (χ4n) is 1.89. The molecule has 0 saturated carbocycles. The highest BCUT2D eigenvalue weighted by Gasteiger charge is 1.99. The molecule has 0 N–H and O–H groups in total. The normalized spacial score (nSPS) is 10.8. The van der Waals surface area contributed by atoms with Gasteiger partial charge in [0.05, 0.1) is 0 Å². The fraction of sp³-hybridized carbons (Fsp3) is 0.312. The van der Waals surface area contributed by atoms with Crippen LogP contribution in [0.4, 0.5) is 0 Å². The first kappa shape index (κ1) is 12.8. The van der Waals surface area contributed by atoms with E-state index in [-0.39, 0.29) is 0 Å². The lowest BCUT2D eigenvalue weighted by atomic mass is 10.0. The predicted octanol–water partition coefficient (Wildman–Crippen LogP) is 3.24. The van der Waals surface area contributed by atoms with Gasteiger partial charge in [0.2, 0.25) is 0 Å². The summed E-state index contributed by atoms with van der Waals surface area (Å²) in [4.78, 5) is 6.37. The number of benzene rings is 1. The Morgan fingerprint density at radius 1 is 0.944 bits per heavy atom. The summed E-state index contributed by atoms with van der Waals surface area (Å²) in [5.74, 6) is 0. The molecule has 2 heteroatoms. The van der Waals surface area contributed by atoms with Gasteiger partial charge in [-0.2, -0.15) is 0 Å². The summed E-state index contributed by atoms with van der Waals surface area (Å²) in [5, 5.41) is 0. The monoisotopic (exact) mass is 240 g/mol. The smallest absolute Gasteiger partial charge is 0.0273 e. The Labute approximate surface area is 109 Å². The zero-order valence-corrected chi connectivity index (χ0v) is 11.1. The molecule has 2 aromatic rings. The largest absolute Gasteiger partial charge is 0.306 e. The average Bonchev–Trinajstić information content (AvgIpc) is 2.46. The van der Waals surface area contributed by atoms with Crippen LogP contribution in [0.1, 0.15) is 12.5 Å². The molecule has 0 fully saturated rings. The van der Waals surface area contributed by atoms with E-state index in [1.54, 1.807) is 0 Å². The predicted molar refractivity (Wildman–Crippen MR) is 76.5 cm³/mol. The van der Waals surface area contributed by atoms with Crippen LogP contribution in [0, 0.1) is 0 Å². The number of nitrogens with zero attached hydrogens (tertiary/aromatic N) is 2. The molecule has 0 aliphatic carbocycles. The molecule has 0 aliphatic heterocycles. The van der Waals surface area contributed by atoms with E-state index in [1.165, 1.54) is 16.7 Å². The Bertz CT molecular complexity index is 462. The van der Waals surface area contributed by atoms with E-state index < -0.39 is 0 Å². The van der Waals surface area contributed by atoms with Crippen LogP contribution in [-0.4, -0.2) is 30.0 Å². The highest BCUT2D eigenvalue weighted by atomic mass is 15.1. The van der Waals surface area contributed by atoms with Gasteiger partial charge in [0.25, 0.3) is 0 Å². The molecule has 0 radical (unpaired) electrons. The molecule has 2 rings (SSSR count). The van der Waals surface area contributed by atoms with E-state index in [0.717, 1.165) is 19.5 Å². The maximum absolute atomic E-state index is 4.04. The number of hydrogen-bond acceptors (Lipinski definition) is 2. The standard InChI is InChI=1S/C16H20N2/c1-3-18(2)13-10-14-4-6-15(7-5-14)16-8-11-17-12-9-16/h4-9,11-12H,3,10,13H2,1-2H3. The van der Waals surface area contributed by atoms with Gasteiger partial charge in [0.1, 0.15) is 0 Å². The number of pyridine rings is 1. The van der Waals surface area contributed by atoms with Crippen molar-refractivity contribution < 1.29 is 0 Å². The SMILES string of the molecule is CCN(C)CCc1ccc(-c2ccncc2)cc1. The molecule has 0 spiro atoms. The number of aromatic nitrogens is 1. The van der Waals surface area contributed by atoms with Crippen molar-refractivity contribution in [3.8, 4) is 11.1 Å². The minimum Gasteiger partial charge on any atom is -0.306 e. The van der Waals surface area contributed by atoms with Gasteiger partial charge in [-0.1, -0.05) is 31.2 Å². The van der Waals surface area contributed by atoms with Crippen LogP contribution in [-0.2, 0) is 6.42 Å². The Hall–Kier alpha value is -1.67. The second-order valence-corrected chi connectivity index (χ2v) is 4.58. The lowest BCUT2D eigenvalue weighted by molar-refractivity contribution is 0.357. The molecule has 1 aromatic heterocycles. The third-order valence-corrected chi connectivity index (χ3v) is 3.29. The Kier molecular flexibility index (Phi) is 4.48. The molecule has 0 unspecified atom stereocenters. The zero-order valence-electron chi connectivity index (χ0n) is 11.1. The second kappa shape index (κ2) is 6.31. The number of likely N-dealkylation sites (N-methyl/N-ethyl adjacent to an activating group) is 1. The third kappa shape index (κ3) is 3.41. The maximum atomic E-state index is 4.04. The molecule has 0 amide bonds.